The quantitative estimate of drug-likeness (QED) is 0.627. The molecule has 3 rings (SSSR count). The van der Waals surface area contributed by atoms with Gasteiger partial charge in [-0.2, -0.15) is 4.80 Å². The van der Waals surface area contributed by atoms with Gasteiger partial charge in [-0.05, 0) is 35.0 Å². The lowest BCUT2D eigenvalue weighted by atomic mass is 10.2. The number of imide groups is 1. The fourth-order valence-corrected chi connectivity index (χ4v) is 2.53. The van der Waals surface area contributed by atoms with Gasteiger partial charge < -0.3 is 5.32 Å². The van der Waals surface area contributed by atoms with Gasteiger partial charge in [0.2, 0.25) is 11.7 Å². The van der Waals surface area contributed by atoms with Crippen LogP contribution in [0.3, 0.4) is 0 Å². The van der Waals surface area contributed by atoms with Crippen molar-refractivity contribution >= 4 is 27.9 Å². The highest BCUT2D eigenvalue weighted by atomic mass is 79.9. The smallest absolute Gasteiger partial charge is 0.321 e. The fourth-order valence-electron chi connectivity index (χ4n) is 2.27. The van der Waals surface area contributed by atoms with Crippen molar-refractivity contribution in [1.82, 2.24) is 30.8 Å². The highest BCUT2D eigenvalue weighted by molar-refractivity contribution is 9.10. The number of nitrogens with zero attached hydrogens (tertiary/aromatic N) is 4. The van der Waals surface area contributed by atoms with E-state index in [9.17, 15) is 9.59 Å². The number of benzene rings is 2. The van der Waals surface area contributed by atoms with Crippen LogP contribution in [0.4, 0.5) is 4.79 Å². The first-order valence-corrected chi connectivity index (χ1v) is 9.05. The van der Waals surface area contributed by atoms with Crippen molar-refractivity contribution in [2.24, 2.45) is 0 Å². The maximum Gasteiger partial charge on any atom is 0.321 e. The molecule has 138 valence electrons. The largest absolute Gasteiger partial charge is 0.334 e. The number of carbonyl (C=O) groups is 2. The number of aryl methyl sites for hydroxylation is 1. The molecule has 0 aliphatic carbocycles. The van der Waals surface area contributed by atoms with Crippen LogP contribution in [0, 0.1) is 0 Å². The summed E-state index contributed by atoms with van der Waals surface area (Å²) in [6, 6.07) is 16.4. The molecule has 0 radical (unpaired) electrons. The molecular weight excluding hydrogens is 412 g/mol. The molecule has 2 N–H and O–H groups in total. The summed E-state index contributed by atoms with van der Waals surface area (Å²) >= 11 is 3.37. The number of hydrogen-bond donors (Lipinski definition) is 2. The summed E-state index contributed by atoms with van der Waals surface area (Å²) in [6.07, 6.45) is 0.0644. The van der Waals surface area contributed by atoms with Crippen LogP contribution in [-0.4, -0.2) is 32.1 Å². The molecule has 1 aromatic heterocycles. The Labute approximate surface area is 164 Å². The third-order valence-corrected chi connectivity index (χ3v) is 4.17. The number of rotatable bonds is 6. The Morgan fingerprint density at radius 3 is 2.52 bits per heavy atom. The minimum atomic E-state index is -0.536. The van der Waals surface area contributed by atoms with Crippen LogP contribution >= 0.6 is 15.9 Å². The molecule has 0 bridgehead atoms. The van der Waals surface area contributed by atoms with E-state index in [0.29, 0.717) is 12.4 Å². The summed E-state index contributed by atoms with van der Waals surface area (Å²) in [5, 5.41) is 17.0. The van der Waals surface area contributed by atoms with Crippen molar-refractivity contribution in [3.63, 3.8) is 0 Å². The molecule has 27 heavy (non-hydrogen) atoms. The lowest BCUT2D eigenvalue weighted by Crippen LogP contribution is -2.39. The van der Waals surface area contributed by atoms with E-state index in [-0.39, 0.29) is 13.0 Å². The average Bonchev–Trinajstić information content (AvgIpc) is 3.15. The third kappa shape index (κ3) is 5.71. The molecule has 1 heterocycles. The average molecular weight is 429 g/mol. The number of tetrazole rings is 1. The normalized spacial score (nSPS) is 10.4. The molecule has 9 heteroatoms. The van der Waals surface area contributed by atoms with Crippen molar-refractivity contribution < 1.29 is 9.59 Å². The maximum absolute atomic E-state index is 11.9. The lowest BCUT2D eigenvalue weighted by molar-refractivity contribution is -0.120. The molecule has 0 aliphatic rings. The molecule has 2 aromatic carbocycles. The van der Waals surface area contributed by atoms with Crippen molar-refractivity contribution in [3.05, 3.63) is 64.6 Å². The van der Waals surface area contributed by atoms with E-state index in [1.807, 2.05) is 54.6 Å². The lowest BCUT2D eigenvalue weighted by Gasteiger charge is -2.06. The van der Waals surface area contributed by atoms with Crippen LogP contribution in [0.1, 0.15) is 12.0 Å². The van der Waals surface area contributed by atoms with E-state index >= 15 is 0 Å². The van der Waals surface area contributed by atoms with Crippen LogP contribution in [-0.2, 0) is 17.9 Å². The highest BCUT2D eigenvalue weighted by Gasteiger charge is 2.10. The molecule has 3 amide bonds. The predicted octanol–water partition coefficient (Wildman–Crippen LogP) is 2.52. The minimum absolute atomic E-state index is 0.0644. The fraction of sp³-hybridized carbons (Fsp3) is 0.167. The first kappa shape index (κ1) is 18.7. The number of aromatic nitrogens is 4. The Kier molecular flexibility index (Phi) is 6.26. The van der Waals surface area contributed by atoms with E-state index < -0.39 is 11.9 Å². The summed E-state index contributed by atoms with van der Waals surface area (Å²) in [7, 11) is 0. The molecule has 0 saturated carbocycles. The highest BCUT2D eigenvalue weighted by Crippen LogP contribution is 2.17. The predicted molar refractivity (Wildman–Crippen MR) is 102 cm³/mol. The maximum atomic E-state index is 11.9. The van der Waals surface area contributed by atoms with Gasteiger partial charge in [-0.3, -0.25) is 10.1 Å². The van der Waals surface area contributed by atoms with Crippen LogP contribution in [0.25, 0.3) is 11.4 Å². The van der Waals surface area contributed by atoms with Crippen LogP contribution in [0.15, 0.2) is 59.1 Å². The zero-order valence-electron chi connectivity index (χ0n) is 14.3. The second-order valence-electron chi connectivity index (χ2n) is 5.68. The zero-order valence-corrected chi connectivity index (χ0v) is 15.9. The zero-order chi connectivity index (χ0) is 19.1. The van der Waals surface area contributed by atoms with Gasteiger partial charge in [-0.1, -0.05) is 46.3 Å². The second kappa shape index (κ2) is 9.04. The van der Waals surface area contributed by atoms with Gasteiger partial charge >= 0.3 is 6.03 Å². The summed E-state index contributed by atoms with van der Waals surface area (Å²) in [4.78, 5) is 25.0. The number of nitrogens with one attached hydrogen (secondary N) is 2. The van der Waals surface area contributed by atoms with Gasteiger partial charge in [-0.15, -0.1) is 10.2 Å². The van der Waals surface area contributed by atoms with Crippen molar-refractivity contribution in [2.75, 3.05) is 0 Å². The Bertz CT molecular complexity index is 911. The number of halogens is 1. The third-order valence-electron chi connectivity index (χ3n) is 3.64. The van der Waals surface area contributed by atoms with Crippen LogP contribution < -0.4 is 10.6 Å². The van der Waals surface area contributed by atoms with Gasteiger partial charge in [0, 0.05) is 23.0 Å². The van der Waals surface area contributed by atoms with Crippen LogP contribution in [0.5, 0.6) is 0 Å². The van der Waals surface area contributed by atoms with Gasteiger partial charge in [0.15, 0.2) is 0 Å². The molecule has 0 unspecified atom stereocenters. The van der Waals surface area contributed by atoms with E-state index in [2.05, 4.69) is 42.0 Å². The summed E-state index contributed by atoms with van der Waals surface area (Å²) in [5.74, 6) is 0.0616. The number of carbonyl (C=O) groups excluding carboxylic acids is 2. The summed E-state index contributed by atoms with van der Waals surface area (Å²) < 4.78 is 0.959. The van der Waals surface area contributed by atoms with Crippen molar-refractivity contribution in [3.8, 4) is 11.4 Å². The van der Waals surface area contributed by atoms with E-state index in [1.54, 1.807) is 0 Å². The molecule has 0 saturated heterocycles. The Hall–Kier alpha value is -3.07. The Morgan fingerprint density at radius 2 is 1.78 bits per heavy atom. The first-order chi connectivity index (χ1) is 13.1. The molecule has 0 spiro atoms. The molecule has 0 atom stereocenters. The van der Waals surface area contributed by atoms with E-state index in [4.69, 9.17) is 0 Å². The number of amides is 3. The standard InChI is InChI=1S/C18H17BrN6O2/c19-15-8-6-14(7-9-15)17-22-24-25(23-17)11-10-16(26)21-18(27)20-12-13-4-2-1-3-5-13/h1-9H,10-12H2,(H2,20,21,26,27). The second-order valence-corrected chi connectivity index (χ2v) is 6.60. The first-order valence-electron chi connectivity index (χ1n) is 8.25. The summed E-state index contributed by atoms with van der Waals surface area (Å²) in [5.41, 5.74) is 1.78. The summed E-state index contributed by atoms with van der Waals surface area (Å²) in [6.45, 7) is 0.572. The monoisotopic (exact) mass is 428 g/mol. The van der Waals surface area contributed by atoms with Gasteiger partial charge in [0.25, 0.3) is 0 Å². The van der Waals surface area contributed by atoms with E-state index in [0.717, 1.165) is 15.6 Å². The Morgan fingerprint density at radius 1 is 1.04 bits per heavy atom. The van der Waals surface area contributed by atoms with Gasteiger partial charge in [0.1, 0.15) is 0 Å². The molecular formula is C18H17BrN6O2. The molecule has 8 nitrogen and oxygen atoms in total. The van der Waals surface area contributed by atoms with Crippen molar-refractivity contribution in [2.45, 2.75) is 19.5 Å². The minimum Gasteiger partial charge on any atom is -0.334 e. The Balaban J connectivity index is 1.44. The van der Waals surface area contributed by atoms with Gasteiger partial charge in [0.05, 0.1) is 6.54 Å². The number of hydrogen-bond acceptors (Lipinski definition) is 5. The van der Waals surface area contributed by atoms with Crippen molar-refractivity contribution in [1.29, 1.82) is 0 Å². The van der Waals surface area contributed by atoms with Crippen LogP contribution in [0.2, 0.25) is 0 Å². The topological polar surface area (TPSA) is 102 Å². The van der Waals surface area contributed by atoms with E-state index in [1.165, 1.54) is 4.80 Å². The number of urea groups is 1. The molecule has 3 aromatic rings. The molecule has 0 aliphatic heterocycles. The SMILES string of the molecule is O=C(CCn1nnc(-c2ccc(Br)cc2)n1)NC(=O)NCc1ccccc1. The van der Waals surface area contributed by atoms with Gasteiger partial charge in [-0.25, -0.2) is 4.79 Å². The molecule has 0 fully saturated rings.